The minimum Gasteiger partial charge on any atom is -0.338 e. The monoisotopic (exact) mass is 358 g/mol. The number of nitrogens with zero attached hydrogens (tertiary/aromatic N) is 2. The number of nitrogens with one attached hydrogen (secondary N) is 2. The van der Waals surface area contributed by atoms with E-state index < -0.39 is 4.92 Å². The van der Waals surface area contributed by atoms with Gasteiger partial charge < -0.3 is 10.3 Å². The molecule has 1 heterocycles. The van der Waals surface area contributed by atoms with Crippen LogP contribution in [0.5, 0.6) is 0 Å². The summed E-state index contributed by atoms with van der Waals surface area (Å²) in [5.41, 5.74) is 3.37. The Hall–Kier alpha value is -4.00. The molecule has 0 saturated carbocycles. The van der Waals surface area contributed by atoms with Gasteiger partial charge >= 0.3 is 0 Å². The number of imidazole rings is 1. The number of fused-ring (bicyclic) bond motifs is 1. The Labute approximate surface area is 153 Å². The number of carbonyl (C=O) groups excluding carboxylic acids is 1. The van der Waals surface area contributed by atoms with E-state index in [1.165, 1.54) is 24.3 Å². The topological polar surface area (TPSA) is 101 Å². The Kier molecular flexibility index (Phi) is 4.10. The molecule has 4 rings (SSSR count). The maximum absolute atomic E-state index is 12.5. The standard InChI is InChI=1S/C20H14N4O3/c25-20(13-9-11-14(12-10-13)24(26)27)23-16-6-2-1-5-15(16)19-21-17-7-3-4-8-18(17)22-19/h1-12H,(H,21,22)(H,23,25). The molecule has 0 aliphatic rings. The van der Waals surface area contributed by atoms with Crippen molar-refractivity contribution in [2.45, 2.75) is 0 Å². The first-order chi connectivity index (χ1) is 13.1. The third kappa shape index (κ3) is 3.25. The second kappa shape index (κ2) is 6.72. The summed E-state index contributed by atoms with van der Waals surface area (Å²) in [6.45, 7) is 0. The molecule has 7 nitrogen and oxygen atoms in total. The van der Waals surface area contributed by atoms with Gasteiger partial charge in [-0.1, -0.05) is 24.3 Å². The van der Waals surface area contributed by atoms with Gasteiger partial charge in [-0.3, -0.25) is 14.9 Å². The van der Waals surface area contributed by atoms with Crippen molar-refractivity contribution in [3.8, 4) is 11.4 Å². The summed E-state index contributed by atoms with van der Waals surface area (Å²) in [5, 5.41) is 13.6. The van der Waals surface area contributed by atoms with E-state index in [0.717, 1.165) is 16.6 Å². The molecular weight excluding hydrogens is 344 g/mol. The van der Waals surface area contributed by atoms with Crippen molar-refractivity contribution in [1.29, 1.82) is 0 Å². The summed E-state index contributed by atoms with van der Waals surface area (Å²) in [5.74, 6) is 0.296. The Morgan fingerprint density at radius 2 is 1.67 bits per heavy atom. The van der Waals surface area contributed by atoms with E-state index in [1.807, 2.05) is 42.5 Å². The summed E-state index contributed by atoms with van der Waals surface area (Å²) in [6, 6.07) is 20.5. The van der Waals surface area contributed by atoms with E-state index in [9.17, 15) is 14.9 Å². The zero-order valence-corrected chi connectivity index (χ0v) is 14.0. The minimum absolute atomic E-state index is 0.0609. The number of nitro groups is 1. The second-order valence-electron chi connectivity index (χ2n) is 5.91. The number of amides is 1. The van der Waals surface area contributed by atoms with Crippen LogP contribution in [0.4, 0.5) is 11.4 Å². The van der Waals surface area contributed by atoms with E-state index >= 15 is 0 Å². The highest BCUT2D eigenvalue weighted by atomic mass is 16.6. The van der Waals surface area contributed by atoms with Gasteiger partial charge in [-0.2, -0.15) is 0 Å². The van der Waals surface area contributed by atoms with Crippen LogP contribution in [0.1, 0.15) is 10.4 Å². The van der Waals surface area contributed by atoms with Gasteiger partial charge in [-0.05, 0) is 36.4 Å². The number of aromatic nitrogens is 2. The predicted octanol–water partition coefficient (Wildman–Crippen LogP) is 4.39. The van der Waals surface area contributed by atoms with Crippen LogP contribution in [0.15, 0.2) is 72.8 Å². The first-order valence-electron chi connectivity index (χ1n) is 8.22. The number of nitro benzene ring substituents is 1. The largest absolute Gasteiger partial charge is 0.338 e. The van der Waals surface area contributed by atoms with Gasteiger partial charge in [0.2, 0.25) is 0 Å². The lowest BCUT2D eigenvalue weighted by atomic mass is 10.1. The molecule has 132 valence electrons. The Morgan fingerprint density at radius 1 is 0.963 bits per heavy atom. The smallest absolute Gasteiger partial charge is 0.269 e. The molecule has 0 saturated heterocycles. The first-order valence-corrected chi connectivity index (χ1v) is 8.22. The Morgan fingerprint density at radius 3 is 2.41 bits per heavy atom. The molecule has 0 unspecified atom stereocenters. The third-order valence-electron chi connectivity index (χ3n) is 4.16. The van der Waals surface area contributed by atoms with Gasteiger partial charge in [0.1, 0.15) is 5.82 Å². The maximum atomic E-state index is 12.5. The van der Waals surface area contributed by atoms with Crippen molar-refractivity contribution in [3.63, 3.8) is 0 Å². The summed E-state index contributed by atoms with van der Waals surface area (Å²) in [4.78, 5) is 30.6. The lowest BCUT2D eigenvalue weighted by Crippen LogP contribution is -2.12. The SMILES string of the molecule is O=C(Nc1ccccc1-c1nc2ccccc2[nH]1)c1ccc([N+](=O)[O-])cc1. The molecule has 0 aliphatic heterocycles. The number of non-ortho nitro benzene ring substituents is 1. The molecule has 4 aromatic rings. The molecule has 0 bridgehead atoms. The van der Waals surface area contributed by atoms with Gasteiger partial charge in [0.25, 0.3) is 11.6 Å². The van der Waals surface area contributed by atoms with Gasteiger partial charge in [-0.15, -0.1) is 0 Å². The quantitative estimate of drug-likeness (QED) is 0.417. The zero-order chi connectivity index (χ0) is 18.8. The second-order valence-corrected chi connectivity index (χ2v) is 5.91. The average molecular weight is 358 g/mol. The normalized spacial score (nSPS) is 10.7. The van der Waals surface area contributed by atoms with Crippen LogP contribution < -0.4 is 5.32 Å². The molecule has 27 heavy (non-hydrogen) atoms. The number of hydrogen-bond acceptors (Lipinski definition) is 4. The Balaban J connectivity index is 1.64. The number of rotatable bonds is 4. The zero-order valence-electron chi connectivity index (χ0n) is 14.0. The van der Waals surface area contributed by atoms with Crippen molar-refractivity contribution in [3.05, 3.63) is 88.5 Å². The van der Waals surface area contributed by atoms with Crippen molar-refractivity contribution in [2.24, 2.45) is 0 Å². The maximum Gasteiger partial charge on any atom is 0.269 e. The molecule has 0 radical (unpaired) electrons. The molecule has 1 aromatic heterocycles. The molecule has 7 heteroatoms. The Bertz CT molecular complexity index is 1120. The van der Waals surface area contributed by atoms with Crippen LogP contribution in [0.2, 0.25) is 0 Å². The molecule has 3 aromatic carbocycles. The highest BCUT2D eigenvalue weighted by molar-refractivity contribution is 6.06. The molecule has 0 spiro atoms. The number of carbonyl (C=O) groups is 1. The van der Waals surface area contributed by atoms with Gasteiger partial charge in [0, 0.05) is 23.3 Å². The molecular formula is C20H14N4O3. The number of benzene rings is 3. The van der Waals surface area contributed by atoms with Crippen molar-refractivity contribution < 1.29 is 9.72 Å². The van der Waals surface area contributed by atoms with Crippen LogP contribution in [0, 0.1) is 10.1 Å². The average Bonchev–Trinajstić information content (AvgIpc) is 3.12. The fourth-order valence-corrected chi connectivity index (χ4v) is 2.81. The first kappa shape index (κ1) is 16.5. The van der Waals surface area contributed by atoms with Crippen molar-refractivity contribution in [1.82, 2.24) is 9.97 Å². The number of hydrogen-bond donors (Lipinski definition) is 2. The van der Waals surface area contributed by atoms with Crippen LogP contribution in [0.3, 0.4) is 0 Å². The summed E-state index contributed by atoms with van der Waals surface area (Å²) in [7, 11) is 0. The van der Waals surface area contributed by atoms with Gasteiger partial charge in [-0.25, -0.2) is 4.98 Å². The van der Waals surface area contributed by atoms with E-state index in [2.05, 4.69) is 15.3 Å². The number of aromatic amines is 1. The molecule has 0 fully saturated rings. The molecule has 0 aliphatic carbocycles. The summed E-state index contributed by atoms with van der Waals surface area (Å²) < 4.78 is 0. The highest BCUT2D eigenvalue weighted by Crippen LogP contribution is 2.28. The fourth-order valence-electron chi connectivity index (χ4n) is 2.81. The lowest BCUT2D eigenvalue weighted by Gasteiger charge is -2.09. The van der Waals surface area contributed by atoms with E-state index in [1.54, 1.807) is 6.07 Å². The highest BCUT2D eigenvalue weighted by Gasteiger charge is 2.14. The van der Waals surface area contributed by atoms with Crippen molar-refractivity contribution in [2.75, 3.05) is 5.32 Å². The molecule has 1 amide bonds. The number of anilines is 1. The summed E-state index contributed by atoms with van der Waals surface area (Å²) >= 11 is 0. The fraction of sp³-hybridized carbons (Fsp3) is 0. The van der Waals surface area contributed by atoms with E-state index in [-0.39, 0.29) is 11.6 Å². The number of para-hydroxylation sites is 3. The molecule has 0 atom stereocenters. The van der Waals surface area contributed by atoms with Gasteiger partial charge in [0.15, 0.2) is 0 Å². The lowest BCUT2D eigenvalue weighted by molar-refractivity contribution is -0.384. The van der Waals surface area contributed by atoms with Crippen LogP contribution >= 0.6 is 0 Å². The predicted molar refractivity (Wildman–Crippen MR) is 103 cm³/mol. The molecule has 2 N–H and O–H groups in total. The van der Waals surface area contributed by atoms with Gasteiger partial charge in [0.05, 0.1) is 21.6 Å². The van der Waals surface area contributed by atoms with Crippen LogP contribution in [-0.4, -0.2) is 20.8 Å². The van der Waals surface area contributed by atoms with Crippen LogP contribution in [0.25, 0.3) is 22.4 Å². The van der Waals surface area contributed by atoms with E-state index in [0.29, 0.717) is 17.1 Å². The number of H-pyrrole nitrogens is 1. The van der Waals surface area contributed by atoms with Crippen LogP contribution in [-0.2, 0) is 0 Å². The van der Waals surface area contributed by atoms with Crippen molar-refractivity contribution >= 4 is 28.3 Å². The third-order valence-corrected chi connectivity index (χ3v) is 4.16. The minimum atomic E-state index is -0.501. The summed E-state index contributed by atoms with van der Waals surface area (Å²) in [6.07, 6.45) is 0. The van der Waals surface area contributed by atoms with E-state index in [4.69, 9.17) is 0 Å².